The van der Waals surface area contributed by atoms with E-state index < -0.39 is 5.97 Å². The first-order valence-corrected chi connectivity index (χ1v) is 17.8. The van der Waals surface area contributed by atoms with Gasteiger partial charge < -0.3 is 30.2 Å². The highest BCUT2D eigenvalue weighted by molar-refractivity contribution is 6.40. The molecule has 4 aromatic rings. The maximum absolute atomic E-state index is 13.6. The lowest BCUT2D eigenvalue weighted by Gasteiger charge is -2.33. The minimum absolute atomic E-state index is 0.221. The van der Waals surface area contributed by atoms with Gasteiger partial charge in [-0.25, -0.2) is 9.97 Å². The second-order valence-electron chi connectivity index (χ2n) is 13.5. The molecule has 2 aliphatic heterocycles. The highest BCUT2D eigenvalue weighted by Crippen LogP contribution is 2.40. The molecular weight excluding hydrogens is 679 g/mol. The number of rotatable bonds is 8. The van der Waals surface area contributed by atoms with Crippen molar-refractivity contribution < 1.29 is 19.5 Å². The molecule has 14 heteroatoms. The lowest BCUT2D eigenvalue weighted by atomic mass is 9.81. The molecule has 1 fully saturated rings. The SMILES string of the molecule is Cn1c(C(=O)Nc2cccc(-c3cccc(NC(=O)c4nc5c(n4C)CCN(CC4CCC(C(=O)O)CC4)C5)c3Cl)c2Cl)nc2c1CCNC2. The van der Waals surface area contributed by atoms with Crippen LogP contribution in [0, 0.1) is 11.8 Å². The molecule has 4 N–H and O–H groups in total. The number of carbonyl (C=O) groups excluding carboxylic acids is 2. The van der Waals surface area contributed by atoms with Crippen LogP contribution in [-0.2, 0) is 44.8 Å². The van der Waals surface area contributed by atoms with Gasteiger partial charge in [0.1, 0.15) is 0 Å². The van der Waals surface area contributed by atoms with Gasteiger partial charge in [0.15, 0.2) is 11.6 Å². The molecule has 2 amide bonds. The van der Waals surface area contributed by atoms with E-state index in [1.54, 1.807) is 24.3 Å². The van der Waals surface area contributed by atoms with Gasteiger partial charge in [0.25, 0.3) is 11.8 Å². The maximum Gasteiger partial charge on any atom is 0.306 e. The number of nitrogens with zero attached hydrogens (tertiary/aromatic N) is 5. The lowest BCUT2D eigenvalue weighted by Crippen LogP contribution is -2.36. The van der Waals surface area contributed by atoms with Crippen LogP contribution in [0.4, 0.5) is 11.4 Å². The number of anilines is 2. The lowest BCUT2D eigenvalue weighted by molar-refractivity contribution is -0.143. The van der Waals surface area contributed by atoms with Crippen LogP contribution < -0.4 is 16.0 Å². The molecule has 3 aliphatic rings. The molecule has 0 saturated heterocycles. The van der Waals surface area contributed by atoms with Crippen LogP contribution in [0.5, 0.6) is 0 Å². The van der Waals surface area contributed by atoms with Gasteiger partial charge in [-0.05, 0) is 43.7 Å². The Morgan fingerprint density at radius 2 is 1.40 bits per heavy atom. The number of carboxylic acids is 1. The summed E-state index contributed by atoms with van der Waals surface area (Å²) in [5.74, 6) is -0.560. The van der Waals surface area contributed by atoms with E-state index >= 15 is 0 Å². The molecule has 1 aliphatic carbocycles. The van der Waals surface area contributed by atoms with Gasteiger partial charge in [0, 0.05) is 82.2 Å². The molecule has 0 radical (unpaired) electrons. The first-order chi connectivity index (χ1) is 24.1. The predicted octanol–water partition coefficient (Wildman–Crippen LogP) is 5.53. The van der Waals surface area contributed by atoms with Crippen LogP contribution in [-0.4, -0.2) is 66.5 Å². The Morgan fingerprint density at radius 1 is 0.840 bits per heavy atom. The molecule has 2 aromatic carbocycles. The number of hydrogen-bond donors (Lipinski definition) is 4. The average molecular weight is 720 g/mol. The zero-order valence-corrected chi connectivity index (χ0v) is 29.6. The largest absolute Gasteiger partial charge is 0.481 e. The van der Waals surface area contributed by atoms with Crippen molar-refractivity contribution in [2.24, 2.45) is 25.9 Å². The van der Waals surface area contributed by atoms with Gasteiger partial charge in [-0.1, -0.05) is 47.5 Å². The maximum atomic E-state index is 13.6. The van der Waals surface area contributed by atoms with Gasteiger partial charge in [0.2, 0.25) is 0 Å². The number of amides is 2. The molecule has 1 saturated carbocycles. The van der Waals surface area contributed by atoms with Gasteiger partial charge in [0.05, 0.1) is 38.7 Å². The minimum atomic E-state index is -0.686. The van der Waals surface area contributed by atoms with Gasteiger partial charge in [-0.15, -0.1) is 0 Å². The number of carboxylic acid groups (broad SMARTS) is 1. The predicted molar refractivity (Wildman–Crippen MR) is 192 cm³/mol. The quantitative estimate of drug-likeness (QED) is 0.186. The normalized spacial score (nSPS) is 19.0. The van der Waals surface area contributed by atoms with Crippen molar-refractivity contribution in [1.29, 1.82) is 0 Å². The summed E-state index contributed by atoms with van der Waals surface area (Å²) in [6, 6.07) is 10.6. The summed E-state index contributed by atoms with van der Waals surface area (Å²) in [7, 11) is 3.70. The van der Waals surface area contributed by atoms with Crippen molar-refractivity contribution >= 4 is 52.4 Å². The number of aromatic nitrogens is 4. The van der Waals surface area contributed by atoms with Crippen LogP contribution in [0.1, 0.15) is 69.7 Å². The summed E-state index contributed by atoms with van der Waals surface area (Å²) in [6.45, 7) is 3.88. The molecule has 2 aromatic heterocycles. The van der Waals surface area contributed by atoms with Crippen LogP contribution in [0.25, 0.3) is 11.1 Å². The Bertz CT molecular complexity index is 1980. The fourth-order valence-corrected chi connectivity index (χ4v) is 8.14. The summed E-state index contributed by atoms with van der Waals surface area (Å²) in [4.78, 5) is 49.9. The second-order valence-corrected chi connectivity index (χ2v) is 14.2. The van der Waals surface area contributed by atoms with E-state index in [1.807, 2.05) is 35.4 Å². The van der Waals surface area contributed by atoms with Crippen LogP contribution in [0.3, 0.4) is 0 Å². The van der Waals surface area contributed by atoms with Gasteiger partial charge >= 0.3 is 5.97 Å². The van der Waals surface area contributed by atoms with E-state index in [2.05, 4.69) is 25.8 Å². The fourth-order valence-electron chi connectivity index (χ4n) is 7.59. The zero-order valence-electron chi connectivity index (χ0n) is 28.1. The van der Waals surface area contributed by atoms with Crippen LogP contribution in [0.2, 0.25) is 10.0 Å². The Labute approximate surface area is 300 Å². The van der Waals surface area contributed by atoms with Crippen molar-refractivity contribution in [3.8, 4) is 11.1 Å². The third-order valence-corrected chi connectivity index (χ3v) is 11.2. The summed E-state index contributed by atoms with van der Waals surface area (Å²) in [5.41, 5.74) is 5.85. The van der Waals surface area contributed by atoms with E-state index in [9.17, 15) is 19.5 Å². The standard InChI is InChI=1S/C36H40Cl2N8O4/c1-44-28-13-15-39-17-26(28)40-32(44)34(47)42-24-7-3-5-22(30(24)37)23-6-4-8-25(31(23)38)43-35(48)33-41-27-19-46(16-14-29(27)45(33)2)18-20-9-11-21(12-10-20)36(49)50/h3-8,20-21,39H,9-19H2,1-2H3,(H,42,47)(H,43,48)(H,49,50). The first kappa shape index (κ1) is 34.2. The number of hydrogen-bond acceptors (Lipinski definition) is 7. The molecule has 0 atom stereocenters. The van der Waals surface area contributed by atoms with Crippen molar-refractivity contribution in [2.75, 3.05) is 30.3 Å². The molecule has 7 rings (SSSR count). The summed E-state index contributed by atoms with van der Waals surface area (Å²) in [6.07, 6.45) is 4.88. The van der Waals surface area contributed by atoms with Crippen molar-refractivity contribution in [3.63, 3.8) is 0 Å². The van der Waals surface area contributed by atoms with Gasteiger partial charge in [-0.2, -0.15) is 0 Å². The Balaban J connectivity index is 1.04. The molecule has 12 nitrogen and oxygen atoms in total. The second kappa shape index (κ2) is 14.2. The van der Waals surface area contributed by atoms with E-state index in [-0.39, 0.29) is 17.7 Å². The van der Waals surface area contributed by atoms with E-state index in [0.717, 1.165) is 80.9 Å². The number of aliphatic carboxylic acids is 1. The number of nitrogens with one attached hydrogen (secondary N) is 3. The minimum Gasteiger partial charge on any atom is -0.481 e. The van der Waals surface area contributed by atoms with Gasteiger partial charge in [-0.3, -0.25) is 19.3 Å². The molecule has 0 unspecified atom stereocenters. The molecule has 0 spiro atoms. The van der Waals surface area contributed by atoms with Crippen molar-refractivity contribution in [3.05, 3.63) is 80.9 Å². The van der Waals surface area contributed by atoms with Crippen LogP contribution in [0.15, 0.2) is 36.4 Å². The number of fused-ring (bicyclic) bond motifs is 2. The summed E-state index contributed by atoms with van der Waals surface area (Å²) >= 11 is 13.8. The van der Waals surface area contributed by atoms with E-state index in [0.29, 0.717) is 63.2 Å². The number of imidazole rings is 2. The van der Waals surface area contributed by atoms with E-state index in [4.69, 9.17) is 28.2 Å². The van der Waals surface area contributed by atoms with Crippen LogP contribution >= 0.6 is 23.2 Å². The Morgan fingerprint density at radius 3 is 1.96 bits per heavy atom. The third-order valence-electron chi connectivity index (χ3n) is 10.4. The topological polar surface area (TPSA) is 146 Å². The first-order valence-electron chi connectivity index (χ1n) is 17.0. The number of benzene rings is 2. The molecular formula is C36H40Cl2N8O4. The van der Waals surface area contributed by atoms with Crippen molar-refractivity contribution in [1.82, 2.24) is 29.3 Å². The third kappa shape index (κ3) is 6.64. The fraction of sp³-hybridized carbons (Fsp3) is 0.417. The highest BCUT2D eigenvalue weighted by Gasteiger charge is 2.30. The van der Waals surface area contributed by atoms with Crippen molar-refractivity contribution in [2.45, 2.75) is 51.6 Å². The molecule has 50 heavy (non-hydrogen) atoms. The van der Waals surface area contributed by atoms with E-state index in [1.165, 1.54) is 0 Å². The highest BCUT2D eigenvalue weighted by atomic mass is 35.5. The monoisotopic (exact) mass is 718 g/mol. The summed E-state index contributed by atoms with van der Waals surface area (Å²) in [5, 5.41) is 19.1. The number of carbonyl (C=O) groups is 3. The molecule has 0 bridgehead atoms. The number of halogens is 2. The Hall–Kier alpha value is -4.23. The Kier molecular flexibility index (Phi) is 9.71. The zero-order chi connectivity index (χ0) is 35.1. The molecule has 4 heterocycles. The summed E-state index contributed by atoms with van der Waals surface area (Å²) < 4.78 is 3.69. The molecule has 262 valence electrons. The average Bonchev–Trinajstić information content (AvgIpc) is 3.63. The smallest absolute Gasteiger partial charge is 0.306 e.